The maximum absolute atomic E-state index is 12.7. The predicted octanol–water partition coefficient (Wildman–Crippen LogP) is -0.271. The third kappa shape index (κ3) is 5.16. The van der Waals surface area contributed by atoms with Crippen molar-refractivity contribution in [3.8, 4) is 0 Å². The van der Waals surface area contributed by atoms with Gasteiger partial charge in [-0.05, 0) is 18.9 Å². The number of carbonyl (C=O) groups excluding carboxylic acids is 2. The SMILES string of the molecule is CCN(CC)S(=O)(=O)c1ccc(=O)n(CC(=O)N2CCN(C(=O)C3CCCO3)CC2)c1. The standard InChI is InChI=1S/C20H30N4O6S/c1-3-24(4-2)31(28,29)16-7-8-18(25)23(14-16)15-19(26)21-9-11-22(12-10-21)20(27)17-6-5-13-30-17/h7-8,14,17H,3-6,9-13,15H2,1-2H3. The first-order chi connectivity index (χ1) is 14.8. The Morgan fingerprint density at radius 3 is 2.32 bits per heavy atom. The summed E-state index contributed by atoms with van der Waals surface area (Å²) in [5.74, 6) is -0.321. The van der Waals surface area contributed by atoms with Gasteiger partial charge in [0, 0.05) is 58.1 Å². The van der Waals surface area contributed by atoms with Gasteiger partial charge in [-0.1, -0.05) is 13.8 Å². The van der Waals surface area contributed by atoms with Crippen LogP contribution in [0.2, 0.25) is 0 Å². The summed E-state index contributed by atoms with van der Waals surface area (Å²) in [6.07, 6.45) is 2.46. The lowest BCUT2D eigenvalue weighted by atomic mass is 10.2. The minimum atomic E-state index is -3.73. The molecule has 0 spiro atoms. The lowest BCUT2D eigenvalue weighted by Crippen LogP contribution is -2.53. The van der Waals surface area contributed by atoms with Gasteiger partial charge in [-0.15, -0.1) is 0 Å². The molecule has 0 aromatic carbocycles. The largest absolute Gasteiger partial charge is 0.368 e. The van der Waals surface area contributed by atoms with Gasteiger partial charge >= 0.3 is 0 Å². The van der Waals surface area contributed by atoms with E-state index in [-0.39, 0.29) is 29.4 Å². The van der Waals surface area contributed by atoms with Crippen LogP contribution in [0.25, 0.3) is 0 Å². The second-order valence-electron chi connectivity index (χ2n) is 7.63. The zero-order valence-electron chi connectivity index (χ0n) is 18.0. The number of pyridine rings is 1. The zero-order valence-corrected chi connectivity index (χ0v) is 18.8. The van der Waals surface area contributed by atoms with Gasteiger partial charge in [-0.25, -0.2) is 8.42 Å². The average molecular weight is 455 g/mol. The summed E-state index contributed by atoms with van der Waals surface area (Å²) >= 11 is 0. The molecule has 0 aliphatic carbocycles. The second kappa shape index (κ2) is 9.92. The van der Waals surface area contributed by atoms with E-state index in [9.17, 15) is 22.8 Å². The minimum Gasteiger partial charge on any atom is -0.368 e. The lowest BCUT2D eigenvalue weighted by molar-refractivity contribution is -0.146. The number of hydrogen-bond acceptors (Lipinski definition) is 6. The predicted molar refractivity (Wildman–Crippen MR) is 113 cm³/mol. The molecule has 10 nitrogen and oxygen atoms in total. The fourth-order valence-corrected chi connectivity index (χ4v) is 5.37. The highest BCUT2D eigenvalue weighted by Crippen LogP contribution is 2.17. The van der Waals surface area contributed by atoms with Crippen LogP contribution in [0.15, 0.2) is 28.0 Å². The summed E-state index contributed by atoms with van der Waals surface area (Å²) in [7, 11) is -3.73. The molecule has 2 saturated heterocycles. The number of hydrogen-bond donors (Lipinski definition) is 0. The van der Waals surface area contributed by atoms with Gasteiger partial charge in [-0.3, -0.25) is 14.4 Å². The number of piperazine rings is 1. The van der Waals surface area contributed by atoms with Gasteiger partial charge in [0.2, 0.25) is 15.9 Å². The fourth-order valence-electron chi connectivity index (χ4n) is 3.90. The van der Waals surface area contributed by atoms with Crippen LogP contribution in [0.5, 0.6) is 0 Å². The van der Waals surface area contributed by atoms with Crippen LogP contribution in [0, 0.1) is 0 Å². The van der Waals surface area contributed by atoms with E-state index in [0.717, 1.165) is 17.4 Å². The molecule has 0 bridgehead atoms. The van der Waals surface area contributed by atoms with Crippen LogP contribution in [0.4, 0.5) is 0 Å². The Bertz CT molecular complexity index is 958. The van der Waals surface area contributed by atoms with Crippen molar-refractivity contribution < 1.29 is 22.7 Å². The molecule has 172 valence electrons. The van der Waals surface area contributed by atoms with E-state index in [1.807, 2.05) is 0 Å². The number of carbonyl (C=O) groups is 2. The van der Waals surface area contributed by atoms with Crippen LogP contribution in [-0.2, 0) is 30.9 Å². The minimum absolute atomic E-state index is 0.0180. The smallest absolute Gasteiger partial charge is 0.251 e. The van der Waals surface area contributed by atoms with Crippen LogP contribution in [-0.4, -0.2) is 90.9 Å². The summed E-state index contributed by atoms with van der Waals surface area (Å²) in [5, 5.41) is 0. The van der Waals surface area contributed by atoms with Crippen LogP contribution < -0.4 is 5.56 Å². The second-order valence-corrected chi connectivity index (χ2v) is 9.57. The summed E-state index contributed by atoms with van der Waals surface area (Å²) in [6, 6.07) is 2.44. The summed E-state index contributed by atoms with van der Waals surface area (Å²) in [4.78, 5) is 40.7. The Balaban J connectivity index is 1.64. The Labute approximate surface area is 182 Å². The Hall–Kier alpha value is -2.24. The molecule has 1 unspecified atom stereocenters. The number of amides is 2. The first kappa shape index (κ1) is 23.4. The number of nitrogens with zero attached hydrogens (tertiary/aromatic N) is 4. The van der Waals surface area contributed by atoms with E-state index >= 15 is 0 Å². The van der Waals surface area contributed by atoms with E-state index in [1.165, 1.54) is 22.6 Å². The summed E-state index contributed by atoms with van der Waals surface area (Å²) in [6.45, 7) is 6.01. The van der Waals surface area contributed by atoms with Gasteiger partial charge in [0.15, 0.2) is 0 Å². The third-order valence-electron chi connectivity index (χ3n) is 5.75. The molecule has 0 N–H and O–H groups in total. The molecule has 0 radical (unpaired) electrons. The maximum Gasteiger partial charge on any atom is 0.251 e. The molecule has 0 saturated carbocycles. The summed E-state index contributed by atoms with van der Waals surface area (Å²) in [5.41, 5.74) is -0.445. The fraction of sp³-hybridized carbons (Fsp3) is 0.650. The highest BCUT2D eigenvalue weighted by Gasteiger charge is 2.31. The van der Waals surface area contributed by atoms with Gasteiger partial charge < -0.3 is 19.1 Å². The Morgan fingerprint density at radius 1 is 1.10 bits per heavy atom. The molecule has 1 aromatic rings. The Morgan fingerprint density at radius 2 is 1.74 bits per heavy atom. The van der Waals surface area contributed by atoms with Gasteiger partial charge in [0.1, 0.15) is 12.6 Å². The first-order valence-electron chi connectivity index (χ1n) is 10.7. The first-order valence-corrected chi connectivity index (χ1v) is 12.1. The quantitative estimate of drug-likeness (QED) is 0.561. The molecule has 3 rings (SSSR count). The number of rotatable bonds is 7. The summed E-state index contributed by atoms with van der Waals surface area (Å²) < 4.78 is 33.3. The van der Waals surface area contributed by atoms with E-state index in [1.54, 1.807) is 23.6 Å². The highest BCUT2D eigenvalue weighted by atomic mass is 32.2. The molecule has 11 heteroatoms. The van der Waals surface area contributed by atoms with Crippen molar-refractivity contribution in [3.05, 3.63) is 28.7 Å². The van der Waals surface area contributed by atoms with Crippen molar-refractivity contribution in [3.63, 3.8) is 0 Å². The highest BCUT2D eigenvalue weighted by molar-refractivity contribution is 7.89. The van der Waals surface area contributed by atoms with Crippen molar-refractivity contribution in [1.29, 1.82) is 0 Å². The normalized spacial score (nSPS) is 19.8. The zero-order chi connectivity index (χ0) is 22.6. The molecular formula is C20H30N4O6S. The molecule has 2 aliphatic heterocycles. The monoisotopic (exact) mass is 454 g/mol. The number of aromatic nitrogens is 1. The average Bonchev–Trinajstić information content (AvgIpc) is 3.30. The molecular weight excluding hydrogens is 424 g/mol. The van der Waals surface area contributed by atoms with E-state index in [4.69, 9.17) is 4.74 Å². The molecule has 1 aromatic heterocycles. The maximum atomic E-state index is 12.7. The van der Waals surface area contributed by atoms with Gasteiger partial charge in [0.25, 0.3) is 11.5 Å². The Kier molecular flexibility index (Phi) is 7.50. The number of sulfonamides is 1. The third-order valence-corrected chi connectivity index (χ3v) is 7.79. The lowest BCUT2D eigenvalue weighted by Gasteiger charge is -2.35. The van der Waals surface area contributed by atoms with Crippen LogP contribution in [0.1, 0.15) is 26.7 Å². The topological polar surface area (TPSA) is 109 Å². The van der Waals surface area contributed by atoms with Gasteiger partial charge in [0.05, 0.1) is 4.90 Å². The van der Waals surface area contributed by atoms with Crippen LogP contribution in [0.3, 0.4) is 0 Å². The van der Waals surface area contributed by atoms with Crippen molar-refractivity contribution >= 4 is 21.8 Å². The van der Waals surface area contributed by atoms with Crippen molar-refractivity contribution in [2.75, 3.05) is 45.9 Å². The van der Waals surface area contributed by atoms with Gasteiger partial charge in [-0.2, -0.15) is 4.31 Å². The molecule has 2 fully saturated rings. The van der Waals surface area contributed by atoms with Crippen molar-refractivity contribution in [2.24, 2.45) is 0 Å². The van der Waals surface area contributed by atoms with Crippen molar-refractivity contribution in [1.82, 2.24) is 18.7 Å². The van der Waals surface area contributed by atoms with Crippen LogP contribution >= 0.6 is 0 Å². The van der Waals surface area contributed by atoms with E-state index in [0.29, 0.717) is 45.9 Å². The van der Waals surface area contributed by atoms with E-state index in [2.05, 4.69) is 0 Å². The molecule has 2 aliphatic rings. The molecule has 3 heterocycles. The van der Waals surface area contributed by atoms with E-state index < -0.39 is 15.6 Å². The van der Waals surface area contributed by atoms with Crippen molar-refractivity contribution in [2.45, 2.75) is 44.2 Å². The number of ether oxygens (including phenoxy) is 1. The molecule has 1 atom stereocenters. The molecule has 2 amide bonds. The molecule has 31 heavy (non-hydrogen) atoms.